The number of nitrogens with one attached hydrogen (secondary N) is 2. The van der Waals surface area contributed by atoms with Crippen LogP contribution in [-0.2, 0) is 21.2 Å². The minimum absolute atomic E-state index is 0.0803. The number of nitrogens with zero attached hydrogens (tertiary/aromatic N) is 3. The first kappa shape index (κ1) is 22.9. The van der Waals surface area contributed by atoms with Gasteiger partial charge in [-0.05, 0) is 76.1 Å². The second-order valence-corrected chi connectivity index (χ2v) is 10.7. The maximum atomic E-state index is 12.1. The molecule has 0 bridgehead atoms. The van der Waals surface area contributed by atoms with E-state index in [4.69, 9.17) is 14.7 Å². The fourth-order valence-electron chi connectivity index (χ4n) is 3.81. The largest absolute Gasteiger partial charge is 0.377 e. The van der Waals surface area contributed by atoms with Crippen molar-refractivity contribution in [1.82, 2.24) is 15.3 Å². The molecule has 4 rings (SSSR count). The van der Waals surface area contributed by atoms with Gasteiger partial charge in [-0.25, -0.2) is 14.8 Å². The summed E-state index contributed by atoms with van der Waals surface area (Å²) in [5, 5.41) is 5.92. The number of amides is 2. The molecule has 1 aromatic heterocycles. The molecule has 1 saturated heterocycles. The van der Waals surface area contributed by atoms with Gasteiger partial charge in [0.05, 0.1) is 25.5 Å². The molecule has 2 aliphatic rings. The molecule has 1 aliphatic carbocycles. The number of thiol groups is 1. The van der Waals surface area contributed by atoms with Gasteiger partial charge < -0.3 is 20.3 Å². The van der Waals surface area contributed by atoms with Gasteiger partial charge in [0.2, 0.25) is 0 Å². The van der Waals surface area contributed by atoms with Gasteiger partial charge in [-0.2, -0.15) is 0 Å². The Bertz CT molecular complexity index is 946. The average Bonchev–Trinajstić information content (AvgIpc) is 2.77. The Morgan fingerprint density at radius 2 is 1.97 bits per heavy atom. The number of anilines is 2. The Labute approximate surface area is 194 Å². The van der Waals surface area contributed by atoms with Crippen LogP contribution in [0.25, 0.3) is 11.4 Å². The number of aromatic nitrogens is 2. The highest BCUT2D eigenvalue weighted by molar-refractivity contribution is 7.78. The molecule has 1 atom stereocenters. The zero-order valence-corrected chi connectivity index (χ0v) is 20.3. The maximum Gasteiger partial charge on any atom is 0.319 e. The van der Waals surface area contributed by atoms with Crippen LogP contribution in [0, 0.1) is 0 Å². The lowest BCUT2D eigenvalue weighted by Gasteiger charge is -2.34. The third-order valence-electron chi connectivity index (χ3n) is 6.40. The predicted molar refractivity (Wildman–Crippen MR) is 133 cm³/mol. The highest BCUT2D eigenvalue weighted by Gasteiger charge is 2.31. The van der Waals surface area contributed by atoms with Crippen molar-refractivity contribution in [3.63, 3.8) is 0 Å². The fourth-order valence-corrected chi connectivity index (χ4v) is 4.16. The number of carbonyl (C=O) groups excluding carboxylic acids is 1. The van der Waals surface area contributed by atoms with Crippen molar-refractivity contribution in [3.05, 3.63) is 36.0 Å². The van der Waals surface area contributed by atoms with E-state index in [0.29, 0.717) is 25.1 Å². The molecule has 0 spiro atoms. The van der Waals surface area contributed by atoms with E-state index in [1.54, 1.807) is 0 Å². The number of ether oxygens (including phenoxy) is 1. The molecule has 32 heavy (non-hydrogen) atoms. The van der Waals surface area contributed by atoms with Gasteiger partial charge in [-0.15, -0.1) is 0 Å². The Morgan fingerprint density at radius 3 is 2.59 bits per heavy atom. The van der Waals surface area contributed by atoms with Crippen LogP contribution < -0.4 is 15.5 Å². The number of benzene rings is 1. The monoisotopic (exact) mass is 456 g/mol. The smallest absolute Gasteiger partial charge is 0.319 e. The Balaban J connectivity index is 1.59. The minimum Gasteiger partial charge on any atom is -0.377 e. The van der Waals surface area contributed by atoms with Crippen molar-refractivity contribution in [2.45, 2.75) is 56.9 Å². The van der Waals surface area contributed by atoms with Gasteiger partial charge in [0.1, 0.15) is 11.5 Å². The summed E-state index contributed by atoms with van der Waals surface area (Å²) in [6.07, 6.45) is 5.49. The first-order chi connectivity index (χ1) is 15.4. The van der Waals surface area contributed by atoms with Crippen molar-refractivity contribution in [2.24, 2.45) is 0 Å². The van der Waals surface area contributed by atoms with Gasteiger partial charge in [-0.1, -0.05) is 0 Å². The standard InChI is InChI=1S/C24H33N5O2S/c1-16-15-31-13-12-29(16)21-14-20(24(2,3)32-4)27-22(28-21)17-8-10-19(11-9-17)26-23(30)25-18-6-5-7-18/h8-11,14,16,18H,5-7,12-13,15H2,1-4H3,(H2,25,26,30)/p+1/t16-/m0/s1. The van der Waals surface area contributed by atoms with Crippen LogP contribution in [0.4, 0.5) is 16.3 Å². The quantitative estimate of drug-likeness (QED) is 0.512. The molecule has 2 heterocycles. The lowest BCUT2D eigenvalue weighted by Crippen LogP contribution is -2.44. The highest BCUT2D eigenvalue weighted by atomic mass is 32.2. The Kier molecular flexibility index (Phi) is 6.90. The van der Waals surface area contributed by atoms with E-state index in [2.05, 4.69) is 48.6 Å². The summed E-state index contributed by atoms with van der Waals surface area (Å²) in [5.41, 5.74) is 2.72. The zero-order chi connectivity index (χ0) is 22.7. The summed E-state index contributed by atoms with van der Waals surface area (Å²) in [6.45, 7) is 8.81. The first-order valence-electron chi connectivity index (χ1n) is 11.4. The van der Waals surface area contributed by atoms with E-state index >= 15 is 0 Å². The molecule has 2 N–H and O–H groups in total. The number of hydrogen-bond acceptors (Lipinski definition) is 5. The average molecular weight is 457 g/mol. The van der Waals surface area contributed by atoms with E-state index < -0.39 is 0 Å². The third kappa shape index (κ3) is 5.18. The molecule has 0 unspecified atom stereocenters. The van der Waals surface area contributed by atoms with Gasteiger partial charge in [0.25, 0.3) is 0 Å². The van der Waals surface area contributed by atoms with Gasteiger partial charge in [0.15, 0.2) is 10.6 Å². The summed E-state index contributed by atoms with van der Waals surface area (Å²) in [5.74, 6) is 1.65. The van der Waals surface area contributed by atoms with Crippen molar-refractivity contribution in [1.29, 1.82) is 0 Å². The molecule has 1 aliphatic heterocycles. The highest BCUT2D eigenvalue weighted by Crippen LogP contribution is 2.30. The molecular weight excluding hydrogens is 422 g/mol. The predicted octanol–water partition coefficient (Wildman–Crippen LogP) is 3.72. The van der Waals surface area contributed by atoms with Crippen LogP contribution in [0.2, 0.25) is 0 Å². The summed E-state index contributed by atoms with van der Waals surface area (Å²) in [6, 6.07) is 10.3. The number of rotatable bonds is 6. The molecule has 2 aromatic rings. The first-order valence-corrected chi connectivity index (χ1v) is 12.7. The summed E-state index contributed by atoms with van der Waals surface area (Å²) in [7, 11) is 0. The number of carbonyl (C=O) groups is 1. The van der Waals surface area contributed by atoms with Crippen LogP contribution in [0.15, 0.2) is 30.3 Å². The molecule has 8 heteroatoms. The topological polar surface area (TPSA) is 79.4 Å². The lowest BCUT2D eigenvalue weighted by atomic mass is 9.93. The van der Waals surface area contributed by atoms with E-state index in [1.165, 1.54) is 18.2 Å². The Hall–Kier alpha value is -2.32. The van der Waals surface area contributed by atoms with Crippen molar-refractivity contribution in [2.75, 3.05) is 36.2 Å². The lowest BCUT2D eigenvalue weighted by molar-refractivity contribution is 0.0985. The normalized spacial score (nSPS) is 19.4. The van der Waals surface area contributed by atoms with Crippen LogP contribution in [-0.4, -0.2) is 54.1 Å². The van der Waals surface area contributed by atoms with Crippen LogP contribution in [0.3, 0.4) is 0 Å². The molecule has 2 fully saturated rings. The molecule has 1 aromatic carbocycles. The van der Waals surface area contributed by atoms with Crippen molar-refractivity contribution in [3.8, 4) is 11.4 Å². The van der Waals surface area contributed by atoms with Crippen LogP contribution >= 0.6 is 0 Å². The van der Waals surface area contributed by atoms with E-state index in [9.17, 15) is 4.79 Å². The summed E-state index contributed by atoms with van der Waals surface area (Å²) < 4.78 is 5.54. The maximum absolute atomic E-state index is 12.1. The van der Waals surface area contributed by atoms with Gasteiger partial charge >= 0.3 is 6.03 Å². The minimum atomic E-state index is -0.145. The molecule has 1 saturated carbocycles. The second-order valence-electron chi connectivity index (χ2n) is 9.14. The Morgan fingerprint density at radius 1 is 1.22 bits per heavy atom. The second kappa shape index (κ2) is 9.67. The molecule has 2 amide bonds. The number of urea groups is 1. The SMILES string of the molecule is C[SH+]C(C)(C)c1cc(N2CCOC[C@@H]2C)nc(-c2ccc(NC(=O)NC3CCC3)cc2)n1. The van der Waals surface area contributed by atoms with E-state index in [0.717, 1.165) is 42.1 Å². The third-order valence-corrected chi connectivity index (χ3v) is 7.75. The molecule has 172 valence electrons. The van der Waals surface area contributed by atoms with E-state index in [1.807, 2.05) is 24.3 Å². The molecule has 0 radical (unpaired) electrons. The molecule has 7 nitrogen and oxygen atoms in total. The van der Waals surface area contributed by atoms with Crippen molar-refractivity contribution < 1.29 is 9.53 Å². The van der Waals surface area contributed by atoms with E-state index in [-0.39, 0.29) is 16.8 Å². The fraction of sp³-hybridized carbons (Fsp3) is 0.542. The van der Waals surface area contributed by atoms with Crippen LogP contribution in [0.5, 0.6) is 0 Å². The number of morpholine rings is 1. The molecular formula is C24H34N5O2S+. The summed E-state index contributed by atoms with van der Waals surface area (Å²) in [4.78, 5) is 24.3. The van der Waals surface area contributed by atoms with Crippen LogP contribution in [0.1, 0.15) is 45.7 Å². The van der Waals surface area contributed by atoms with Gasteiger partial charge in [0, 0.05) is 29.9 Å². The zero-order valence-electron chi connectivity index (χ0n) is 19.4. The van der Waals surface area contributed by atoms with Crippen molar-refractivity contribution >= 4 is 29.3 Å². The number of hydrogen-bond donors (Lipinski definition) is 2. The van der Waals surface area contributed by atoms with Gasteiger partial charge in [-0.3, -0.25) is 0 Å². The summed E-state index contributed by atoms with van der Waals surface area (Å²) >= 11 is 1.25.